The number of nitrogens with one attached hydrogen (secondary N) is 1. The molecule has 3 aromatic rings. The van der Waals surface area contributed by atoms with Gasteiger partial charge in [-0.2, -0.15) is 4.98 Å². The third-order valence-electron chi connectivity index (χ3n) is 6.73. The van der Waals surface area contributed by atoms with Crippen LogP contribution in [0, 0.1) is 11.7 Å². The number of halogens is 1. The van der Waals surface area contributed by atoms with Gasteiger partial charge in [-0.15, -0.1) is 0 Å². The smallest absolute Gasteiger partial charge is 0.303 e. The first kappa shape index (κ1) is 20.8. The zero-order valence-electron chi connectivity index (χ0n) is 17.8. The first-order chi connectivity index (χ1) is 15.6. The maximum absolute atomic E-state index is 14.8. The van der Waals surface area contributed by atoms with E-state index in [9.17, 15) is 9.18 Å². The summed E-state index contributed by atoms with van der Waals surface area (Å²) in [5.74, 6) is 0.0898. The molecule has 2 heterocycles. The van der Waals surface area contributed by atoms with Crippen molar-refractivity contribution in [1.82, 2.24) is 15.5 Å². The lowest BCUT2D eigenvalue weighted by molar-refractivity contribution is -0.137. The van der Waals surface area contributed by atoms with Crippen molar-refractivity contribution in [1.29, 1.82) is 0 Å². The van der Waals surface area contributed by atoms with Gasteiger partial charge in [0.25, 0.3) is 5.89 Å². The first-order valence-electron chi connectivity index (χ1n) is 11.3. The number of carboxylic acids is 1. The SMILES string of the molecule is O=C(O)CC1CNC(c2ccc(-c3noc(-c4ccc(C5CCCC5)cc4F)n3)cc2)C1. The highest BCUT2D eigenvalue weighted by molar-refractivity contribution is 5.67. The van der Waals surface area contributed by atoms with Gasteiger partial charge in [0.2, 0.25) is 5.82 Å². The summed E-state index contributed by atoms with van der Waals surface area (Å²) in [5, 5.41) is 16.4. The predicted molar refractivity (Wildman–Crippen MR) is 117 cm³/mol. The number of hydrogen-bond donors (Lipinski definition) is 2. The maximum Gasteiger partial charge on any atom is 0.303 e. The van der Waals surface area contributed by atoms with Gasteiger partial charge >= 0.3 is 5.97 Å². The van der Waals surface area contributed by atoms with Crippen molar-refractivity contribution in [3.63, 3.8) is 0 Å². The molecule has 2 aliphatic rings. The van der Waals surface area contributed by atoms with E-state index in [1.807, 2.05) is 30.3 Å². The standard InChI is InChI=1S/C25H26FN3O3/c26-21-13-19(16-3-1-2-4-16)9-10-20(21)25-28-24(29-32-25)18-7-5-17(6-8-18)22-11-15(14-27-22)12-23(30)31/h5-10,13,15-16,22,27H,1-4,11-12,14H2,(H,30,31). The van der Waals surface area contributed by atoms with Crippen molar-refractivity contribution in [3.8, 4) is 22.8 Å². The molecular formula is C25H26FN3O3. The van der Waals surface area contributed by atoms with Crippen molar-refractivity contribution < 1.29 is 18.8 Å². The van der Waals surface area contributed by atoms with Crippen molar-refractivity contribution in [2.24, 2.45) is 5.92 Å². The number of aliphatic carboxylic acids is 1. The molecule has 1 aromatic heterocycles. The Balaban J connectivity index is 1.29. The lowest BCUT2D eigenvalue weighted by atomic mass is 9.96. The van der Waals surface area contributed by atoms with Crippen LogP contribution < -0.4 is 5.32 Å². The van der Waals surface area contributed by atoms with Crippen molar-refractivity contribution in [2.75, 3.05) is 6.54 Å². The summed E-state index contributed by atoms with van der Waals surface area (Å²) in [7, 11) is 0. The lowest BCUT2D eigenvalue weighted by Crippen LogP contribution is -2.14. The zero-order valence-corrected chi connectivity index (χ0v) is 17.8. The molecule has 1 saturated carbocycles. The predicted octanol–water partition coefficient (Wildman–Crippen LogP) is 5.33. The molecule has 2 atom stereocenters. The van der Waals surface area contributed by atoms with E-state index in [0.29, 0.717) is 23.9 Å². The second kappa shape index (κ2) is 8.82. The maximum atomic E-state index is 14.8. The molecule has 6 nitrogen and oxygen atoms in total. The Labute approximate surface area is 185 Å². The number of benzene rings is 2. The molecule has 1 saturated heterocycles. The summed E-state index contributed by atoms with van der Waals surface area (Å²) in [4.78, 5) is 15.3. The molecule has 0 amide bonds. The summed E-state index contributed by atoms with van der Waals surface area (Å²) in [6.07, 6.45) is 5.64. The van der Waals surface area contributed by atoms with Crippen LogP contribution in [0.3, 0.4) is 0 Å². The van der Waals surface area contributed by atoms with Gasteiger partial charge in [0.1, 0.15) is 5.82 Å². The number of carboxylic acid groups (broad SMARTS) is 1. The first-order valence-corrected chi connectivity index (χ1v) is 11.3. The van der Waals surface area contributed by atoms with E-state index >= 15 is 0 Å². The average molecular weight is 435 g/mol. The molecule has 2 aromatic carbocycles. The Morgan fingerprint density at radius 3 is 2.59 bits per heavy atom. The molecule has 32 heavy (non-hydrogen) atoms. The Hall–Kier alpha value is -3.06. The molecule has 0 radical (unpaired) electrons. The molecule has 0 bridgehead atoms. The van der Waals surface area contributed by atoms with Crippen LogP contribution in [0.25, 0.3) is 22.8 Å². The van der Waals surface area contributed by atoms with Crippen molar-refractivity contribution >= 4 is 5.97 Å². The summed E-state index contributed by atoms with van der Waals surface area (Å²) >= 11 is 0. The fourth-order valence-electron chi connectivity index (χ4n) is 5.00. The quantitative estimate of drug-likeness (QED) is 0.544. The fourth-order valence-corrected chi connectivity index (χ4v) is 5.00. The van der Waals surface area contributed by atoms with E-state index in [1.165, 1.54) is 12.8 Å². The summed E-state index contributed by atoms with van der Waals surface area (Å²) in [5.41, 5.74) is 3.25. The van der Waals surface area contributed by atoms with Gasteiger partial charge in [-0.3, -0.25) is 4.79 Å². The highest BCUT2D eigenvalue weighted by Gasteiger charge is 2.27. The second-order valence-corrected chi connectivity index (χ2v) is 8.93. The van der Waals surface area contributed by atoms with E-state index in [4.69, 9.17) is 9.63 Å². The Kier molecular flexibility index (Phi) is 5.74. The number of nitrogens with zero attached hydrogens (tertiary/aromatic N) is 2. The Morgan fingerprint density at radius 1 is 1.12 bits per heavy atom. The van der Waals surface area contributed by atoms with Gasteiger partial charge in [0, 0.05) is 18.0 Å². The van der Waals surface area contributed by atoms with Gasteiger partial charge in [0.15, 0.2) is 0 Å². The van der Waals surface area contributed by atoms with Crippen LogP contribution in [-0.4, -0.2) is 27.8 Å². The molecule has 2 unspecified atom stereocenters. The van der Waals surface area contributed by atoms with Crippen LogP contribution in [0.5, 0.6) is 0 Å². The summed E-state index contributed by atoms with van der Waals surface area (Å²) in [6, 6.07) is 13.3. The minimum Gasteiger partial charge on any atom is -0.481 e. The van der Waals surface area contributed by atoms with Crippen LogP contribution in [0.15, 0.2) is 47.0 Å². The molecule has 2 N–H and O–H groups in total. The molecule has 0 spiro atoms. The van der Waals surface area contributed by atoms with Crippen molar-refractivity contribution in [3.05, 3.63) is 59.4 Å². The van der Waals surface area contributed by atoms with Gasteiger partial charge in [0.05, 0.1) is 5.56 Å². The lowest BCUT2D eigenvalue weighted by Gasteiger charge is -2.11. The second-order valence-electron chi connectivity index (χ2n) is 8.93. The monoisotopic (exact) mass is 435 g/mol. The van der Waals surface area contributed by atoms with Gasteiger partial charge in [-0.25, -0.2) is 4.39 Å². The third-order valence-corrected chi connectivity index (χ3v) is 6.73. The number of aromatic nitrogens is 2. The minimum atomic E-state index is -0.759. The van der Waals surface area contributed by atoms with Gasteiger partial charge < -0.3 is 14.9 Å². The van der Waals surface area contributed by atoms with Crippen LogP contribution in [0.1, 0.15) is 61.6 Å². The topological polar surface area (TPSA) is 88.2 Å². The molecule has 2 fully saturated rings. The van der Waals surface area contributed by atoms with Gasteiger partial charge in [-0.05, 0) is 60.9 Å². The largest absolute Gasteiger partial charge is 0.481 e. The van der Waals surface area contributed by atoms with Crippen molar-refractivity contribution in [2.45, 2.75) is 50.5 Å². The van der Waals surface area contributed by atoms with Crippen LogP contribution in [-0.2, 0) is 4.79 Å². The summed E-state index contributed by atoms with van der Waals surface area (Å²) in [6.45, 7) is 0.706. The van der Waals surface area contributed by atoms with E-state index in [-0.39, 0.29) is 30.1 Å². The normalized spacial score (nSPS) is 21.3. The molecule has 166 valence electrons. The molecule has 1 aliphatic heterocycles. The van der Waals surface area contributed by atoms with Gasteiger partial charge in [-0.1, -0.05) is 48.3 Å². The van der Waals surface area contributed by atoms with E-state index < -0.39 is 5.97 Å². The molecule has 5 rings (SSSR count). The third kappa shape index (κ3) is 4.30. The molecule has 7 heteroatoms. The number of hydrogen-bond acceptors (Lipinski definition) is 5. The minimum absolute atomic E-state index is 0.140. The van der Waals surface area contributed by atoms with Crippen LogP contribution in [0.4, 0.5) is 4.39 Å². The van der Waals surface area contributed by atoms with Crippen LogP contribution >= 0.6 is 0 Å². The van der Waals surface area contributed by atoms with E-state index in [2.05, 4.69) is 15.5 Å². The Bertz CT molecular complexity index is 1110. The zero-order chi connectivity index (χ0) is 22.1. The Morgan fingerprint density at radius 2 is 1.88 bits per heavy atom. The molecular weight excluding hydrogens is 409 g/mol. The number of rotatable bonds is 6. The van der Waals surface area contributed by atoms with Crippen LogP contribution in [0.2, 0.25) is 0 Å². The average Bonchev–Trinajstić information content (AvgIpc) is 3.55. The molecule has 1 aliphatic carbocycles. The highest BCUT2D eigenvalue weighted by Crippen LogP contribution is 2.36. The summed E-state index contributed by atoms with van der Waals surface area (Å²) < 4.78 is 20.1. The van der Waals surface area contributed by atoms with E-state index in [1.54, 1.807) is 12.1 Å². The highest BCUT2D eigenvalue weighted by atomic mass is 19.1. The van der Waals surface area contributed by atoms with E-state index in [0.717, 1.165) is 36.0 Å². The fraction of sp³-hybridized carbons (Fsp3) is 0.400. The number of carbonyl (C=O) groups is 1.